The number of aliphatic hydroxyl groups is 2. The lowest BCUT2D eigenvalue weighted by Gasteiger charge is -2.40. The van der Waals surface area contributed by atoms with Crippen LogP contribution in [0.25, 0.3) is 0 Å². The van der Waals surface area contributed by atoms with Gasteiger partial charge in [-0.3, -0.25) is 9.78 Å². The number of aromatic nitrogens is 1. The van der Waals surface area contributed by atoms with Crippen molar-refractivity contribution in [2.75, 3.05) is 14.2 Å². The Bertz CT molecular complexity index is 1290. The van der Waals surface area contributed by atoms with E-state index in [-0.39, 0.29) is 11.4 Å². The maximum Gasteiger partial charge on any atom is 0.312 e. The quantitative estimate of drug-likeness (QED) is 0.572. The molecule has 0 bridgehead atoms. The molecule has 3 aromatic rings. The lowest BCUT2D eigenvalue weighted by Crippen LogP contribution is -2.52. The van der Waals surface area contributed by atoms with E-state index in [0.29, 0.717) is 22.4 Å². The van der Waals surface area contributed by atoms with E-state index < -0.39 is 35.1 Å². The van der Waals surface area contributed by atoms with Crippen LogP contribution in [0.1, 0.15) is 28.3 Å². The first-order valence-corrected chi connectivity index (χ1v) is 10.7. The van der Waals surface area contributed by atoms with Gasteiger partial charge in [0.05, 0.1) is 38.0 Å². The number of esters is 1. The molecule has 172 valence electrons. The minimum atomic E-state index is -2.11. The number of nitriles is 1. The predicted molar refractivity (Wildman–Crippen MR) is 119 cm³/mol. The van der Waals surface area contributed by atoms with Crippen molar-refractivity contribution in [1.82, 2.24) is 4.98 Å². The number of benzene rings is 2. The van der Waals surface area contributed by atoms with Crippen LogP contribution in [0, 0.1) is 17.2 Å². The van der Waals surface area contributed by atoms with Gasteiger partial charge in [0.2, 0.25) is 0 Å². The van der Waals surface area contributed by atoms with E-state index in [1.807, 2.05) is 30.3 Å². The van der Waals surface area contributed by atoms with E-state index in [9.17, 15) is 20.3 Å². The summed E-state index contributed by atoms with van der Waals surface area (Å²) >= 11 is 0. The van der Waals surface area contributed by atoms with Crippen LogP contribution in [0.2, 0.25) is 0 Å². The Morgan fingerprint density at radius 3 is 2.47 bits per heavy atom. The zero-order chi connectivity index (χ0) is 24.1. The van der Waals surface area contributed by atoms with Gasteiger partial charge in [0, 0.05) is 12.0 Å². The molecule has 1 fully saturated rings. The average molecular weight is 458 g/mol. The summed E-state index contributed by atoms with van der Waals surface area (Å²) in [5, 5.41) is 33.2. The fourth-order valence-electron chi connectivity index (χ4n) is 5.44. The second-order valence-electron chi connectivity index (χ2n) is 8.40. The molecule has 1 aromatic heterocycles. The van der Waals surface area contributed by atoms with Crippen LogP contribution in [0.4, 0.5) is 0 Å². The molecule has 2 heterocycles. The highest BCUT2D eigenvalue weighted by Gasteiger charge is 2.78. The number of rotatable bonds is 4. The van der Waals surface area contributed by atoms with Crippen molar-refractivity contribution in [2.45, 2.75) is 23.2 Å². The summed E-state index contributed by atoms with van der Waals surface area (Å²) in [5.41, 5.74) is -2.11. The highest BCUT2D eigenvalue weighted by molar-refractivity contribution is 5.77. The van der Waals surface area contributed by atoms with Crippen LogP contribution >= 0.6 is 0 Å². The largest absolute Gasteiger partial charge is 0.495 e. The van der Waals surface area contributed by atoms with E-state index in [2.05, 4.69) is 11.1 Å². The van der Waals surface area contributed by atoms with Gasteiger partial charge in [-0.15, -0.1) is 0 Å². The van der Waals surface area contributed by atoms with E-state index in [1.54, 1.807) is 30.3 Å². The lowest BCUT2D eigenvalue weighted by atomic mass is 9.71. The number of carbonyl (C=O) groups excluding carboxylic acids is 1. The first-order chi connectivity index (χ1) is 16.4. The van der Waals surface area contributed by atoms with Crippen molar-refractivity contribution >= 4 is 5.97 Å². The van der Waals surface area contributed by atoms with E-state index in [1.165, 1.54) is 20.4 Å². The molecule has 2 N–H and O–H groups in total. The van der Waals surface area contributed by atoms with Crippen LogP contribution in [-0.4, -0.2) is 41.5 Å². The summed E-state index contributed by atoms with van der Waals surface area (Å²) in [5.74, 6) is -2.06. The van der Waals surface area contributed by atoms with Crippen molar-refractivity contribution in [3.63, 3.8) is 0 Å². The maximum absolute atomic E-state index is 13.0. The lowest BCUT2D eigenvalue weighted by molar-refractivity contribution is -0.162. The number of fused-ring (bicyclic) bond motifs is 3. The van der Waals surface area contributed by atoms with Gasteiger partial charge in [-0.1, -0.05) is 42.5 Å². The number of hydrogen-bond donors (Lipinski definition) is 2. The zero-order valence-corrected chi connectivity index (χ0v) is 18.5. The second-order valence-corrected chi connectivity index (χ2v) is 8.40. The molecule has 5 atom stereocenters. The molecule has 1 saturated carbocycles. The van der Waals surface area contributed by atoms with Crippen LogP contribution in [0.3, 0.4) is 0 Å². The highest BCUT2D eigenvalue weighted by Crippen LogP contribution is 2.68. The first-order valence-electron chi connectivity index (χ1n) is 10.7. The minimum absolute atomic E-state index is 0.0949. The molecule has 8 nitrogen and oxygen atoms in total. The van der Waals surface area contributed by atoms with Gasteiger partial charge in [-0.2, -0.15) is 5.26 Å². The molecule has 5 rings (SSSR count). The summed E-state index contributed by atoms with van der Waals surface area (Å²) in [6.07, 6.45) is -0.187. The standard InChI is InChI=1S/C26H22N2O6/c1-32-18-12-19-22(28-14-18)25(31)23(29)20(24(30)33-2)21(16-6-4-3-5-7-16)26(25,34-19)17-10-8-15(13-27)9-11-17/h3-12,14,20-21,23,29,31H,1-2H3/t20-,21-,23-,25+,26+/m1/s1. The third-order valence-electron chi connectivity index (χ3n) is 6.90. The number of hydrogen-bond acceptors (Lipinski definition) is 8. The molecule has 0 unspecified atom stereocenters. The van der Waals surface area contributed by atoms with Gasteiger partial charge >= 0.3 is 5.97 Å². The van der Waals surface area contributed by atoms with Crippen LogP contribution in [-0.2, 0) is 20.7 Å². The van der Waals surface area contributed by atoms with Crippen molar-refractivity contribution in [2.24, 2.45) is 5.92 Å². The fourth-order valence-corrected chi connectivity index (χ4v) is 5.44. The van der Waals surface area contributed by atoms with Gasteiger partial charge in [0.25, 0.3) is 0 Å². The third-order valence-corrected chi connectivity index (χ3v) is 6.90. The molecular formula is C26H22N2O6. The summed E-state index contributed by atoms with van der Waals surface area (Å²) in [4.78, 5) is 17.4. The molecule has 0 spiro atoms. The molecule has 0 saturated heterocycles. The third kappa shape index (κ3) is 2.71. The van der Waals surface area contributed by atoms with Crippen molar-refractivity contribution in [3.8, 4) is 17.6 Å². The molecule has 0 amide bonds. The van der Waals surface area contributed by atoms with Gasteiger partial charge < -0.3 is 24.4 Å². The van der Waals surface area contributed by atoms with E-state index in [4.69, 9.17) is 14.2 Å². The summed E-state index contributed by atoms with van der Waals surface area (Å²) < 4.78 is 16.9. The van der Waals surface area contributed by atoms with Crippen LogP contribution < -0.4 is 9.47 Å². The van der Waals surface area contributed by atoms with Crippen molar-refractivity contribution in [1.29, 1.82) is 5.26 Å². The molecule has 2 aliphatic rings. The highest BCUT2D eigenvalue weighted by atomic mass is 16.5. The van der Waals surface area contributed by atoms with E-state index in [0.717, 1.165) is 0 Å². The van der Waals surface area contributed by atoms with Gasteiger partial charge in [0.15, 0.2) is 11.2 Å². The number of pyridine rings is 1. The van der Waals surface area contributed by atoms with E-state index >= 15 is 0 Å². The normalized spacial score (nSPS) is 28.9. The molecule has 1 aliphatic heterocycles. The molecule has 34 heavy (non-hydrogen) atoms. The zero-order valence-electron chi connectivity index (χ0n) is 18.5. The smallest absolute Gasteiger partial charge is 0.312 e. The fraction of sp³-hybridized carbons (Fsp3) is 0.269. The number of carbonyl (C=O) groups is 1. The van der Waals surface area contributed by atoms with Crippen LogP contribution in [0.5, 0.6) is 11.5 Å². The average Bonchev–Trinajstić information content (AvgIpc) is 3.26. The molecule has 0 radical (unpaired) electrons. The summed E-state index contributed by atoms with van der Waals surface area (Å²) in [7, 11) is 2.72. The topological polar surface area (TPSA) is 122 Å². The number of nitrogens with zero attached hydrogens (tertiary/aromatic N) is 2. The molecule has 2 aromatic carbocycles. The predicted octanol–water partition coefficient (Wildman–Crippen LogP) is 2.38. The van der Waals surface area contributed by atoms with Gasteiger partial charge in [-0.25, -0.2) is 0 Å². The number of methoxy groups -OCH3 is 2. The molecule has 8 heteroatoms. The Kier molecular flexibility index (Phi) is 5.04. The van der Waals surface area contributed by atoms with Gasteiger partial charge in [-0.05, 0) is 23.3 Å². The SMILES string of the molecule is COC(=O)[C@H]1[C@@H](O)[C@@]2(O)c3ncc(OC)cc3O[C@@]2(c2ccc(C#N)cc2)[C@@H]1c1ccccc1. The Labute approximate surface area is 196 Å². The summed E-state index contributed by atoms with van der Waals surface area (Å²) in [6, 6.07) is 19.3. The number of aliphatic hydroxyl groups excluding tert-OH is 1. The first kappa shape index (κ1) is 21.9. The number of ether oxygens (including phenoxy) is 3. The Hall–Kier alpha value is -3.93. The molecular weight excluding hydrogens is 436 g/mol. The van der Waals surface area contributed by atoms with Gasteiger partial charge in [0.1, 0.15) is 23.3 Å². The molecule has 1 aliphatic carbocycles. The summed E-state index contributed by atoms with van der Waals surface area (Å²) in [6.45, 7) is 0. The Morgan fingerprint density at radius 1 is 1.15 bits per heavy atom. The monoisotopic (exact) mass is 458 g/mol. The van der Waals surface area contributed by atoms with Crippen molar-refractivity contribution < 1.29 is 29.2 Å². The Balaban J connectivity index is 1.85. The maximum atomic E-state index is 13.0. The second kappa shape index (κ2) is 7.83. The Morgan fingerprint density at radius 2 is 1.85 bits per heavy atom. The van der Waals surface area contributed by atoms with Crippen molar-refractivity contribution in [3.05, 3.63) is 89.2 Å². The minimum Gasteiger partial charge on any atom is -0.495 e. The van der Waals surface area contributed by atoms with Crippen LogP contribution in [0.15, 0.2) is 66.9 Å².